The standard InChI is InChI=1S/C8H18N4O/c9-2-3-11-5-7-1-4-12(6-7)8(10)13/h7,11H,1-6,9H2,(H2,10,13). The van der Waals surface area contributed by atoms with Crippen LogP contribution in [0.15, 0.2) is 0 Å². The predicted octanol–water partition coefficient (Wildman–Crippen LogP) is -1.06. The molecule has 5 N–H and O–H groups in total. The molecule has 1 saturated heterocycles. The van der Waals surface area contributed by atoms with Gasteiger partial charge in [0, 0.05) is 26.2 Å². The average Bonchev–Trinajstić information content (AvgIpc) is 2.53. The second-order valence-corrected chi connectivity index (χ2v) is 3.43. The third-order valence-electron chi connectivity index (χ3n) is 2.35. The summed E-state index contributed by atoms with van der Waals surface area (Å²) in [6.07, 6.45) is 1.04. The van der Waals surface area contributed by atoms with Gasteiger partial charge in [-0.1, -0.05) is 0 Å². The van der Waals surface area contributed by atoms with Crippen molar-refractivity contribution in [3.8, 4) is 0 Å². The zero-order valence-electron chi connectivity index (χ0n) is 7.83. The summed E-state index contributed by atoms with van der Waals surface area (Å²) in [4.78, 5) is 12.5. The fourth-order valence-corrected chi connectivity index (χ4v) is 1.61. The number of rotatable bonds is 4. The molecule has 0 aromatic rings. The zero-order valence-corrected chi connectivity index (χ0v) is 7.83. The van der Waals surface area contributed by atoms with Crippen LogP contribution in [0, 0.1) is 5.92 Å². The molecule has 1 aliphatic heterocycles. The van der Waals surface area contributed by atoms with Gasteiger partial charge in [-0.25, -0.2) is 4.79 Å². The molecular formula is C8H18N4O. The number of carbonyl (C=O) groups is 1. The molecule has 0 radical (unpaired) electrons. The van der Waals surface area contributed by atoms with E-state index in [-0.39, 0.29) is 6.03 Å². The van der Waals surface area contributed by atoms with E-state index in [4.69, 9.17) is 11.5 Å². The first kappa shape index (κ1) is 10.3. The minimum absolute atomic E-state index is 0.304. The largest absolute Gasteiger partial charge is 0.351 e. The maximum absolute atomic E-state index is 10.8. The SMILES string of the molecule is NCCNCC1CCN(C(N)=O)C1. The summed E-state index contributed by atoms with van der Waals surface area (Å²) in [5.41, 5.74) is 10.5. The lowest BCUT2D eigenvalue weighted by atomic mass is 10.1. The predicted molar refractivity (Wildman–Crippen MR) is 51.2 cm³/mol. The van der Waals surface area contributed by atoms with Crippen LogP contribution in [0.3, 0.4) is 0 Å². The van der Waals surface area contributed by atoms with Crippen molar-refractivity contribution < 1.29 is 4.79 Å². The Morgan fingerprint density at radius 1 is 1.62 bits per heavy atom. The summed E-state index contributed by atoms with van der Waals surface area (Å²) in [6, 6.07) is -0.304. The number of carbonyl (C=O) groups excluding carboxylic acids is 1. The molecule has 13 heavy (non-hydrogen) atoms. The molecule has 76 valence electrons. The molecule has 1 atom stereocenters. The Hall–Kier alpha value is -0.810. The molecular weight excluding hydrogens is 168 g/mol. The maximum Gasteiger partial charge on any atom is 0.314 e. The van der Waals surface area contributed by atoms with E-state index >= 15 is 0 Å². The molecule has 1 unspecified atom stereocenters. The van der Waals surface area contributed by atoms with E-state index in [1.807, 2.05) is 0 Å². The molecule has 0 aromatic heterocycles. The van der Waals surface area contributed by atoms with Gasteiger partial charge in [0.25, 0.3) is 0 Å². The molecule has 1 aliphatic rings. The lowest BCUT2D eigenvalue weighted by Crippen LogP contribution is -2.35. The van der Waals surface area contributed by atoms with Gasteiger partial charge >= 0.3 is 6.03 Å². The average molecular weight is 186 g/mol. The van der Waals surface area contributed by atoms with Crippen molar-refractivity contribution in [1.29, 1.82) is 0 Å². The van der Waals surface area contributed by atoms with Gasteiger partial charge in [0.15, 0.2) is 0 Å². The van der Waals surface area contributed by atoms with Crippen LogP contribution in [0.5, 0.6) is 0 Å². The van der Waals surface area contributed by atoms with Gasteiger partial charge in [0.1, 0.15) is 0 Å². The van der Waals surface area contributed by atoms with Gasteiger partial charge in [-0.05, 0) is 18.9 Å². The van der Waals surface area contributed by atoms with Crippen LogP contribution in [0.4, 0.5) is 4.79 Å². The Balaban J connectivity index is 2.14. The van der Waals surface area contributed by atoms with E-state index in [9.17, 15) is 4.79 Å². The van der Waals surface area contributed by atoms with Crippen molar-refractivity contribution in [1.82, 2.24) is 10.2 Å². The number of primary amides is 1. The second kappa shape index (κ2) is 5.04. The van der Waals surface area contributed by atoms with Gasteiger partial charge in [0.2, 0.25) is 0 Å². The van der Waals surface area contributed by atoms with Crippen molar-refractivity contribution in [2.75, 3.05) is 32.7 Å². The van der Waals surface area contributed by atoms with Crippen molar-refractivity contribution in [2.24, 2.45) is 17.4 Å². The number of urea groups is 1. The Bertz CT molecular complexity index is 174. The summed E-state index contributed by atoms with van der Waals surface area (Å²) in [5.74, 6) is 0.541. The van der Waals surface area contributed by atoms with Gasteiger partial charge < -0.3 is 21.7 Å². The maximum atomic E-state index is 10.8. The fourth-order valence-electron chi connectivity index (χ4n) is 1.61. The fraction of sp³-hybridized carbons (Fsp3) is 0.875. The highest BCUT2D eigenvalue weighted by atomic mass is 16.2. The van der Waals surface area contributed by atoms with Gasteiger partial charge in [0.05, 0.1) is 0 Å². The minimum atomic E-state index is -0.304. The number of nitrogens with two attached hydrogens (primary N) is 2. The highest BCUT2D eigenvalue weighted by molar-refractivity contribution is 5.72. The van der Waals surface area contributed by atoms with Gasteiger partial charge in [-0.3, -0.25) is 0 Å². The van der Waals surface area contributed by atoms with Gasteiger partial charge in [-0.15, -0.1) is 0 Å². The van der Waals surface area contributed by atoms with Crippen LogP contribution in [0.1, 0.15) is 6.42 Å². The van der Waals surface area contributed by atoms with Crippen molar-refractivity contribution in [3.63, 3.8) is 0 Å². The minimum Gasteiger partial charge on any atom is -0.351 e. The molecule has 1 fully saturated rings. The molecule has 0 aliphatic carbocycles. The molecule has 1 rings (SSSR count). The van der Waals surface area contributed by atoms with Crippen LogP contribution < -0.4 is 16.8 Å². The lowest BCUT2D eigenvalue weighted by molar-refractivity contribution is 0.216. The summed E-state index contributed by atoms with van der Waals surface area (Å²) in [5, 5.41) is 3.23. The number of likely N-dealkylation sites (tertiary alicyclic amines) is 1. The molecule has 2 amide bonds. The van der Waals surface area contributed by atoms with E-state index in [1.165, 1.54) is 0 Å². The van der Waals surface area contributed by atoms with Crippen LogP contribution >= 0.6 is 0 Å². The monoisotopic (exact) mass is 186 g/mol. The van der Waals surface area contributed by atoms with Crippen molar-refractivity contribution >= 4 is 6.03 Å². The van der Waals surface area contributed by atoms with Gasteiger partial charge in [-0.2, -0.15) is 0 Å². The number of hydrogen-bond donors (Lipinski definition) is 3. The quantitative estimate of drug-likeness (QED) is 0.489. The number of hydrogen-bond acceptors (Lipinski definition) is 3. The molecule has 0 saturated carbocycles. The van der Waals surface area contributed by atoms with E-state index in [1.54, 1.807) is 4.90 Å². The first-order valence-corrected chi connectivity index (χ1v) is 4.69. The zero-order chi connectivity index (χ0) is 9.68. The summed E-state index contributed by atoms with van der Waals surface area (Å²) in [7, 11) is 0. The third kappa shape index (κ3) is 3.20. The van der Waals surface area contributed by atoms with E-state index < -0.39 is 0 Å². The Morgan fingerprint density at radius 2 is 2.38 bits per heavy atom. The number of nitrogens with one attached hydrogen (secondary N) is 1. The third-order valence-corrected chi connectivity index (χ3v) is 2.35. The molecule has 0 aromatic carbocycles. The summed E-state index contributed by atoms with van der Waals surface area (Å²) >= 11 is 0. The number of amides is 2. The van der Waals surface area contributed by atoms with E-state index in [0.29, 0.717) is 12.5 Å². The van der Waals surface area contributed by atoms with Crippen molar-refractivity contribution in [3.05, 3.63) is 0 Å². The first-order valence-electron chi connectivity index (χ1n) is 4.69. The van der Waals surface area contributed by atoms with Crippen LogP contribution in [0.25, 0.3) is 0 Å². The topological polar surface area (TPSA) is 84.4 Å². The van der Waals surface area contributed by atoms with Crippen LogP contribution in [-0.4, -0.2) is 43.7 Å². The Labute approximate surface area is 78.4 Å². The molecule has 0 spiro atoms. The Kier molecular flexibility index (Phi) is 3.98. The van der Waals surface area contributed by atoms with Crippen molar-refractivity contribution in [2.45, 2.75) is 6.42 Å². The normalized spacial score (nSPS) is 22.2. The van der Waals surface area contributed by atoms with E-state index in [0.717, 1.165) is 32.6 Å². The van der Waals surface area contributed by atoms with Crippen LogP contribution in [0.2, 0.25) is 0 Å². The Morgan fingerprint density at radius 3 is 2.92 bits per heavy atom. The highest BCUT2D eigenvalue weighted by Gasteiger charge is 2.23. The lowest BCUT2D eigenvalue weighted by Gasteiger charge is -2.13. The van der Waals surface area contributed by atoms with E-state index in [2.05, 4.69) is 5.32 Å². The second-order valence-electron chi connectivity index (χ2n) is 3.43. The summed E-state index contributed by atoms with van der Waals surface area (Å²) < 4.78 is 0. The molecule has 5 heteroatoms. The number of nitrogens with zero attached hydrogens (tertiary/aromatic N) is 1. The summed E-state index contributed by atoms with van der Waals surface area (Å²) in [6.45, 7) is 4.01. The smallest absolute Gasteiger partial charge is 0.314 e. The van der Waals surface area contributed by atoms with Crippen LogP contribution in [-0.2, 0) is 0 Å². The molecule has 1 heterocycles. The first-order chi connectivity index (χ1) is 6.24. The molecule has 0 bridgehead atoms. The highest BCUT2D eigenvalue weighted by Crippen LogP contribution is 2.14. The molecule has 5 nitrogen and oxygen atoms in total.